The van der Waals surface area contributed by atoms with Crippen molar-refractivity contribution >= 4 is 32.9 Å². The summed E-state index contributed by atoms with van der Waals surface area (Å²) in [6.45, 7) is 0.485. The van der Waals surface area contributed by atoms with Crippen LogP contribution in [0.4, 0.5) is 4.79 Å². The fraction of sp³-hybridized carbons (Fsp3) is 0.211. The number of nitrogens with one attached hydrogen (secondary N) is 3. The molecular formula is C19H18BrN3O. The predicted molar refractivity (Wildman–Crippen MR) is 98.9 cm³/mol. The number of carbonyl (C=O) groups is 1. The van der Waals surface area contributed by atoms with Crippen LogP contribution in [0.1, 0.15) is 29.3 Å². The summed E-state index contributed by atoms with van der Waals surface area (Å²) >= 11 is 3.59. The molecule has 1 aliphatic rings. The van der Waals surface area contributed by atoms with Crippen LogP contribution in [0.3, 0.4) is 0 Å². The molecule has 122 valence electrons. The molecule has 0 fully saturated rings. The van der Waals surface area contributed by atoms with Gasteiger partial charge in [-0.3, -0.25) is 0 Å². The van der Waals surface area contributed by atoms with E-state index in [2.05, 4.69) is 55.8 Å². The molecule has 2 amide bonds. The molecule has 3 N–H and O–H groups in total. The summed E-state index contributed by atoms with van der Waals surface area (Å²) in [6.07, 6.45) is 1.93. The van der Waals surface area contributed by atoms with Crippen molar-refractivity contribution in [3.8, 4) is 0 Å². The van der Waals surface area contributed by atoms with E-state index >= 15 is 0 Å². The van der Waals surface area contributed by atoms with Crippen molar-refractivity contribution in [3.63, 3.8) is 0 Å². The van der Waals surface area contributed by atoms with Crippen LogP contribution in [-0.2, 0) is 13.0 Å². The Morgan fingerprint density at radius 3 is 2.96 bits per heavy atom. The number of benzene rings is 2. The number of carbonyl (C=O) groups excluding carboxylic acids is 1. The Morgan fingerprint density at radius 1 is 1.21 bits per heavy atom. The molecule has 0 saturated carbocycles. The van der Waals surface area contributed by atoms with Gasteiger partial charge in [0, 0.05) is 15.7 Å². The number of fused-ring (bicyclic) bond motifs is 2. The first-order chi connectivity index (χ1) is 11.7. The average Bonchev–Trinajstić information content (AvgIpc) is 3.18. The second kappa shape index (κ2) is 6.32. The third-order valence-corrected chi connectivity index (χ3v) is 5.29. The number of hydrogen-bond acceptors (Lipinski definition) is 1. The molecule has 0 saturated heterocycles. The zero-order valence-electron chi connectivity index (χ0n) is 13.1. The molecule has 24 heavy (non-hydrogen) atoms. The Kier molecular flexibility index (Phi) is 4.02. The van der Waals surface area contributed by atoms with Gasteiger partial charge in [0.15, 0.2) is 0 Å². The Hall–Kier alpha value is -2.27. The van der Waals surface area contributed by atoms with Crippen LogP contribution >= 0.6 is 15.9 Å². The van der Waals surface area contributed by atoms with Gasteiger partial charge in [-0.2, -0.15) is 0 Å². The summed E-state index contributed by atoms with van der Waals surface area (Å²) < 4.78 is 1.13. The van der Waals surface area contributed by atoms with Crippen LogP contribution in [0.2, 0.25) is 0 Å². The van der Waals surface area contributed by atoms with Gasteiger partial charge in [-0.1, -0.05) is 46.3 Å². The number of para-hydroxylation sites is 1. The molecule has 2 aromatic carbocycles. The Labute approximate surface area is 148 Å². The molecule has 0 radical (unpaired) electrons. The lowest BCUT2D eigenvalue weighted by atomic mass is 10.1. The van der Waals surface area contributed by atoms with Crippen LogP contribution in [0, 0.1) is 0 Å². The lowest BCUT2D eigenvalue weighted by Gasteiger charge is -2.15. The Morgan fingerprint density at radius 2 is 2.08 bits per heavy atom. The van der Waals surface area contributed by atoms with E-state index in [1.807, 2.05) is 24.3 Å². The van der Waals surface area contributed by atoms with Gasteiger partial charge in [0.2, 0.25) is 0 Å². The molecule has 1 atom stereocenters. The maximum atomic E-state index is 12.2. The molecule has 1 aromatic heterocycles. The quantitative estimate of drug-likeness (QED) is 0.615. The van der Waals surface area contributed by atoms with E-state index in [0.717, 1.165) is 33.9 Å². The zero-order chi connectivity index (χ0) is 16.5. The van der Waals surface area contributed by atoms with Crippen molar-refractivity contribution in [2.75, 3.05) is 0 Å². The van der Waals surface area contributed by atoms with Crippen molar-refractivity contribution in [2.24, 2.45) is 0 Å². The molecular weight excluding hydrogens is 366 g/mol. The number of halogens is 1. The number of amides is 2. The first-order valence-corrected chi connectivity index (χ1v) is 8.88. The maximum absolute atomic E-state index is 12.2. The van der Waals surface area contributed by atoms with E-state index in [-0.39, 0.29) is 12.1 Å². The first-order valence-electron chi connectivity index (χ1n) is 8.09. The minimum Gasteiger partial charge on any atom is -0.357 e. The Bertz CT molecular complexity index is 870. The highest BCUT2D eigenvalue weighted by atomic mass is 79.9. The van der Waals surface area contributed by atoms with Gasteiger partial charge in [0.05, 0.1) is 12.6 Å². The fourth-order valence-electron chi connectivity index (χ4n) is 3.37. The van der Waals surface area contributed by atoms with Crippen molar-refractivity contribution in [1.29, 1.82) is 0 Å². The highest BCUT2D eigenvalue weighted by Crippen LogP contribution is 2.35. The van der Waals surface area contributed by atoms with E-state index < -0.39 is 0 Å². The van der Waals surface area contributed by atoms with Crippen LogP contribution in [0.5, 0.6) is 0 Å². The van der Waals surface area contributed by atoms with Crippen molar-refractivity contribution in [2.45, 2.75) is 25.4 Å². The second-order valence-corrected chi connectivity index (χ2v) is 6.96. The van der Waals surface area contributed by atoms with Crippen molar-refractivity contribution in [1.82, 2.24) is 15.6 Å². The lowest BCUT2D eigenvalue weighted by Crippen LogP contribution is -2.37. The minimum atomic E-state index is -0.133. The van der Waals surface area contributed by atoms with Crippen LogP contribution in [-0.4, -0.2) is 11.0 Å². The summed E-state index contributed by atoms with van der Waals surface area (Å²) in [5.41, 5.74) is 4.61. The Balaban J connectivity index is 1.39. The maximum Gasteiger partial charge on any atom is 0.315 e. The topological polar surface area (TPSA) is 56.9 Å². The molecule has 0 spiro atoms. The van der Waals surface area contributed by atoms with Gasteiger partial charge in [0.25, 0.3) is 0 Å². The monoisotopic (exact) mass is 383 g/mol. The smallest absolute Gasteiger partial charge is 0.315 e. The molecule has 5 heteroatoms. The second-order valence-electron chi connectivity index (χ2n) is 6.11. The van der Waals surface area contributed by atoms with Crippen LogP contribution in [0.25, 0.3) is 10.9 Å². The molecule has 0 aliphatic heterocycles. The van der Waals surface area contributed by atoms with Gasteiger partial charge in [-0.05, 0) is 47.6 Å². The number of urea groups is 1. The highest BCUT2D eigenvalue weighted by Gasteiger charge is 2.25. The molecule has 4 nitrogen and oxygen atoms in total. The standard InChI is InChI=1S/C19H18BrN3O/c20-16-6-3-5-15-14(16)8-9-18(15)23-19(24)21-11-13-10-12-4-1-2-7-17(12)22-13/h1-7,10,18,22H,8-9,11H2,(H2,21,23,24). The first kappa shape index (κ1) is 15.3. The van der Waals surface area contributed by atoms with Gasteiger partial charge >= 0.3 is 6.03 Å². The average molecular weight is 384 g/mol. The zero-order valence-corrected chi connectivity index (χ0v) is 14.7. The number of aromatic nitrogens is 1. The third-order valence-electron chi connectivity index (χ3n) is 4.54. The van der Waals surface area contributed by atoms with E-state index in [1.165, 1.54) is 11.1 Å². The molecule has 3 aromatic rings. The number of H-pyrrole nitrogens is 1. The van der Waals surface area contributed by atoms with Gasteiger partial charge in [0.1, 0.15) is 0 Å². The lowest BCUT2D eigenvalue weighted by molar-refractivity contribution is 0.236. The normalized spacial score (nSPS) is 16.1. The third kappa shape index (κ3) is 2.91. The van der Waals surface area contributed by atoms with Gasteiger partial charge in [-0.15, -0.1) is 0 Å². The number of aromatic amines is 1. The largest absolute Gasteiger partial charge is 0.357 e. The minimum absolute atomic E-state index is 0.0835. The molecule has 1 aliphatic carbocycles. The number of hydrogen-bond donors (Lipinski definition) is 3. The summed E-state index contributed by atoms with van der Waals surface area (Å²) in [6, 6.07) is 16.3. The molecule has 1 heterocycles. The van der Waals surface area contributed by atoms with E-state index in [0.29, 0.717) is 6.54 Å². The molecule has 1 unspecified atom stereocenters. The van der Waals surface area contributed by atoms with Gasteiger partial charge < -0.3 is 15.6 Å². The summed E-state index contributed by atoms with van der Waals surface area (Å²) in [7, 11) is 0. The van der Waals surface area contributed by atoms with Crippen molar-refractivity contribution in [3.05, 3.63) is 69.8 Å². The van der Waals surface area contributed by atoms with E-state index in [9.17, 15) is 4.79 Å². The summed E-state index contributed by atoms with van der Waals surface area (Å²) in [4.78, 5) is 15.6. The molecule has 4 rings (SSSR count). The highest BCUT2D eigenvalue weighted by molar-refractivity contribution is 9.10. The fourth-order valence-corrected chi connectivity index (χ4v) is 3.95. The summed E-state index contributed by atoms with van der Waals surface area (Å²) in [5, 5.41) is 7.18. The van der Waals surface area contributed by atoms with Crippen LogP contribution < -0.4 is 10.6 Å². The number of rotatable bonds is 3. The van der Waals surface area contributed by atoms with E-state index in [4.69, 9.17) is 0 Å². The van der Waals surface area contributed by atoms with Crippen LogP contribution in [0.15, 0.2) is 53.0 Å². The summed E-state index contributed by atoms with van der Waals surface area (Å²) in [5.74, 6) is 0. The predicted octanol–water partition coefficient (Wildman–Crippen LogP) is 4.42. The van der Waals surface area contributed by atoms with Gasteiger partial charge in [-0.25, -0.2) is 4.79 Å². The molecule has 0 bridgehead atoms. The van der Waals surface area contributed by atoms with Crippen molar-refractivity contribution < 1.29 is 4.79 Å². The van der Waals surface area contributed by atoms with E-state index in [1.54, 1.807) is 0 Å². The SMILES string of the molecule is O=C(NCc1cc2ccccc2[nH]1)NC1CCc2c(Br)cccc21.